The molecule has 0 aromatic carbocycles. The summed E-state index contributed by atoms with van der Waals surface area (Å²) >= 11 is 0. The second-order valence-corrected chi connectivity index (χ2v) is 3.56. The van der Waals surface area contributed by atoms with Crippen molar-refractivity contribution >= 4 is 0 Å². The van der Waals surface area contributed by atoms with Gasteiger partial charge in [0.25, 0.3) is 0 Å². The van der Waals surface area contributed by atoms with Crippen molar-refractivity contribution in [2.45, 2.75) is 31.5 Å². The van der Waals surface area contributed by atoms with Crippen molar-refractivity contribution in [2.75, 3.05) is 0 Å². The van der Waals surface area contributed by atoms with Crippen LogP contribution in [0.25, 0.3) is 0 Å². The number of nitrogens with zero attached hydrogens (tertiary/aromatic N) is 2. The molecule has 3 nitrogen and oxygen atoms in total. The molecule has 1 atom stereocenters. The van der Waals surface area contributed by atoms with Crippen LogP contribution in [0, 0.1) is 0 Å². The van der Waals surface area contributed by atoms with Crippen molar-refractivity contribution in [2.24, 2.45) is 12.8 Å². The van der Waals surface area contributed by atoms with Gasteiger partial charge >= 0.3 is 6.18 Å². The van der Waals surface area contributed by atoms with E-state index in [1.165, 1.54) is 0 Å². The molecule has 0 bridgehead atoms. The number of hydrogen-bond acceptors (Lipinski definition) is 2. The molecule has 1 aromatic rings. The van der Waals surface area contributed by atoms with E-state index < -0.39 is 18.6 Å². The lowest BCUT2D eigenvalue weighted by Gasteiger charge is -2.13. The van der Waals surface area contributed by atoms with Crippen molar-refractivity contribution in [3.63, 3.8) is 0 Å². The zero-order valence-corrected chi connectivity index (χ0v) is 8.46. The first kappa shape index (κ1) is 12.0. The van der Waals surface area contributed by atoms with Gasteiger partial charge in [0, 0.05) is 25.0 Å². The molecular weight excluding hydrogens is 207 g/mol. The van der Waals surface area contributed by atoms with Crippen molar-refractivity contribution in [3.8, 4) is 0 Å². The van der Waals surface area contributed by atoms with Gasteiger partial charge < -0.3 is 5.73 Å². The lowest BCUT2D eigenvalue weighted by Crippen LogP contribution is -2.28. The molecule has 1 rings (SSSR count). The third kappa shape index (κ3) is 4.33. The molecule has 1 heterocycles. The number of rotatable bonds is 4. The fourth-order valence-corrected chi connectivity index (χ4v) is 1.38. The zero-order valence-electron chi connectivity index (χ0n) is 8.46. The summed E-state index contributed by atoms with van der Waals surface area (Å²) < 4.78 is 37.5. The Kier molecular flexibility index (Phi) is 3.73. The first-order valence-corrected chi connectivity index (χ1v) is 4.67. The van der Waals surface area contributed by atoms with E-state index in [9.17, 15) is 13.2 Å². The fraction of sp³-hybridized carbons (Fsp3) is 0.667. The fourth-order valence-electron chi connectivity index (χ4n) is 1.38. The van der Waals surface area contributed by atoms with Crippen LogP contribution in [0.15, 0.2) is 12.3 Å². The van der Waals surface area contributed by atoms with E-state index in [-0.39, 0.29) is 0 Å². The van der Waals surface area contributed by atoms with Crippen LogP contribution in [-0.2, 0) is 13.5 Å². The lowest BCUT2D eigenvalue weighted by atomic mass is 10.1. The standard InChI is InChI=1S/C9H14F3N3/c1-15-8(4-5-14-15)3-2-7(13)6-9(10,11)12/h4-5,7H,2-3,6,13H2,1H3. The first-order valence-electron chi connectivity index (χ1n) is 4.67. The highest BCUT2D eigenvalue weighted by atomic mass is 19.4. The Hall–Kier alpha value is -1.04. The highest BCUT2D eigenvalue weighted by Crippen LogP contribution is 2.22. The number of aromatic nitrogens is 2. The highest BCUT2D eigenvalue weighted by molar-refractivity contribution is 5.00. The monoisotopic (exact) mass is 221 g/mol. The maximum absolute atomic E-state index is 12.0. The summed E-state index contributed by atoms with van der Waals surface area (Å²) in [5.74, 6) is 0. The third-order valence-electron chi connectivity index (χ3n) is 2.19. The van der Waals surface area contributed by atoms with Crippen molar-refractivity contribution in [3.05, 3.63) is 18.0 Å². The molecule has 0 aliphatic rings. The van der Waals surface area contributed by atoms with Crippen molar-refractivity contribution in [1.82, 2.24) is 9.78 Å². The second-order valence-electron chi connectivity index (χ2n) is 3.56. The van der Waals surface area contributed by atoms with E-state index in [4.69, 9.17) is 5.73 Å². The summed E-state index contributed by atoms with van der Waals surface area (Å²) in [6.07, 6.45) is -2.64. The minimum Gasteiger partial charge on any atom is -0.327 e. The first-order chi connectivity index (χ1) is 6.88. The summed E-state index contributed by atoms with van der Waals surface area (Å²) in [5.41, 5.74) is 6.27. The Balaban J connectivity index is 2.35. The summed E-state index contributed by atoms with van der Waals surface area (Å²) in [6.45, 7) is 0. The van der Waals surface area contributed by atoms with E-state index in [2.05, 4.69) is 5.10 Å². The lowest BCUT2D eigenvalue weighted by molar-refractivity contribution is -0.138. The quantitative estimate of drug-likeness (QED) is 0.839. The number of halogens is 3. The molecule has 2 N–H and O–H groups in total. The predicted molar refractivity (Wildman–Crippen MR) is 50.2 cm³/mol. The van der Waals surface area contributed by atoms with E-state index in [0.29, 0.717) is 12.8 Å². The SMILES string of the molecule is Cn1nccc1CCC(N)CC(F)(F)F. The van der Waals surface area contributed by atoms with Gasteiger partial charge in [-0.15, -0.1) is 0 Å². The van der Waals surface area contributed by atoms with Crippen molar-refractivity contribution < 1.29 is 13.2 Å². The molecule has 1 aromatic heterocycles. The van der Waals surface area contributed by atoms with Crippen LogP contribution in [0.3, 0.4) is 0 Å². The average Bonchev–Trinajstić information content (AvgIpc) is 2.44. The molecule has 15 heavy (non-hydrogen) atoms. The Morgan fingerprint density at radius 2 is 2.20 bits per heavy atom. The van der Waals surface area contributed by atoms with Gasteiger partial charge in [-0.3, -0.25) is 4.68 Å². The molecule has 1 unspecified atom stereocenters. The van der Waals surface area contributed by atoms with Gasteiger partial charge in [-0.2, -0.15) is 18.3 Å². The van der Waals surface area contributed by atoms with Crippen LogP contribution in [0.4, 0.5) is 13.2 Å². The van der Waals surface area contributed by atoms with Crippen LogP contribution >= 0.6 is 0 Å². The maximum Gasteiger partial charge on any atom is 0.390 e. The molecule has 6 heteroatoms. The molecule has 0 aliphatic heterocycles. The topological polar surface area (TPSA) is 43.8 Å². The maximum atomic E-state index is 12.0. The molecule has 0 amide bonds. The van der Waals surface area contributed by atoms with E-state index in [1.807, 2.05) is 0 Å². The summed E-state index contributed by atoms with van der Waals surface area (Å²) in [5, 5.41) is 3.92. The van der Waals surface area contributed by atoms with Gasteiger partial charge in [0.05, 0.1) is 6.42 Å². The third-order valence-corrected chi connectivity index (χ3v) is 2.19. The van der Waals surface area contributed by atoms with Gasteiger partial charge in [-0.25, -0.2) is 0 Å². The normalized spacial score (nSPS) is 14.2. The van der Waals surface area contributed by atoms with Crippen LogP contribution in [-0.4, -0.2) is 22.0 Å². The van der Waals surface area contributed by atoms with Gasteiger partial charge in [-0.1, -0.05) is 0 Å². The second kappa shape index (κ2) is 4.65. The minimum atomic E-state index is -4.17. The smallest absolute Gasteiger partial charge is 0.327 e. The number of nitrogens with two attached hydrogens (primary N) is 1. The van der Waals surface area contributed by atoms with E-state index in [1.54, 1.807) is 24.0 Å². The molecule has 0 saturated heterocycles. The van der Waals surface area contributed by atoms with Crippen LogP contribution in [0.2, 0.25) is 0 Å². The van der Waals surface area contributed by atoms with Crippen molar-refractivity contribution in [1.29, 1.82) is 0 Å². The Morgan fingerprint density at radius 1 is 1.53 bits per heavy atom. The van der Waals surface area contributed by atoms with Crippen LogP contribution < -0.4 is 5.73 Å². The summed E-state index contributed by atoms with van der Waals surface area (Å²) in [7, 11) is 1.75. The molecule has 0 saturated carbocycles. The molecule has 0 spiro atoms. The summed E-state index contributed by atoms with van der Waals surface area (Å²) in [4.78, 5) is 0. The van der Waals surface area contributed by atoms with Crippen LogP contribution in [0.1, 0.15) is 18.5 Å². The van der Waals surface area contributed by atoms with E-state index in [0.717, 1.165) is 5.69 Å². The molecule has 86 valence electrons. The predicted octanol–water partition coefficient (Wildman–Crippen LogP) is 1.63. The van der Waals surface area contributed by atoms with E-state index >= 15 is 0 Å². The number of hydrogen-bond donors (Lipinski definition) is 1. The van der Waals surface area contributed by atoms with Gasteiger partial charge in [0.15, 0.2) is 0 Å². The molecular formula is C9H14F3N3. The molecule has 0 radical (unpaired) electrons. The Morgan fingerprint density at radius 3 is 2.67 bits per heavy atom. The number of alkyl halides is 3. The van der Waals surface area contributed by atoms with Crippen LogP contribution in [0.5, 0.6) is 0 Å². The highest BCUT2D eigenvalue weighted by Gasteiger charge is 2.30. The Labute approximate surface area is 86.1 Å². The number of aryl methyl sites for hydroxylation is 2. The largest absolute Gasteiger partial charge is 0.390 e. The van der Waals surface area contributed by atoms with Gasteiger partial charge in [0.2, 0.25) is 0 Å². The summed E-state index contributed by atoms with van der Waals surface area (Å²) in [6, 6.07) is 0.945. The van der Waals surface area contributed by atoms with Gasteiger partial charge in [0.1, 0.15) is 0 Å². The molecule has 0 aliphatic carbocycles. The van der Waals surface area contributed by atoms with Gasteiger partial charge in [-0.05, 0) is 18.9 Å². The average molecular weight is 221 g/mol. The minimum absolute atomic E-state index is 0.318. The Bertz CT molecular complexity index is 306. The molecule has 0 fully saturated rings. The zero-order chi connectivity index (χ0) is 11.5.